The maximum Gasteiger partial charge on any atom is 0.573 e. The highest BCUT2D eigenvalue weighted by atomic mass is 32.1. The standard InChI is InChI=1S/C27H27F3N2O5S/c1-33-19-8-10-20(11-9-19)36-16-23-22-15-25(35-3)24(34-2)14-17(22)12-13-32(23)26(38)31-18-4-6-21(7-5-18)37-27(28,29)30/h4-11,14-15,23H,12-13,16H2,1-3H3,(H,31,38)/t23-/m1/s1. The average Bonchev–Trinajstić information content (AvgIpc) is 2.91. The zero-order valence-corrected chi connectivity index (χ0v) is 21.8. The van der Waals surface area contributed by atoms with Crippen molar-refractivity contribution in [2.75, 3.05) is 39.8 Å². The van der Waals surface area contributed by atoms with E-state index in [0.717, 1.165) is 16.9 Å². The average molecular weight is 549 g/mol. The van der Waals surface area contributed by atoms with Gasteiger partial charge in [-0.3, -0.25) is 0 Å². The molecule has 0 saturated carbocycles. The molecule has 0 radical (unpaired) electrons. The summed E-state index contributed by atoms with van der Waals surface area (Å²) in [5, 5.41) is 3.52. The van der Waals surface area contributed by atoms with Gasteiger partial charge in [0, 0.05) is 12.2 Å². The van der Waals surface area contributed by atoms with Crippen LogP contribution in [-0.2, 0) is 6.42 Å². The second kappa shape index (κ2) is 11.7. The van der Waals surface area contributed by atoms with Crippen LogP contribution in [-0.4, -0.2) is 50.9 Å². The Balaban J connectivity index is 1.57. The van der Waals surface area contributed by atoms with E-state index in [2.05, 4.69) is 10.1 Å². The number of benzene rings is 3. The first kappa shape index (κ1) is 27.2. The largest absolute Gasteiger partial charge is 0.573 e. The zero-order valence-electron chi connectivity index (χ0n) is 21.0. The van der Waals surface area contributed by atoms with Crippen molar-refractivity contribution in [1.82, 2.24) is 4.90 Å². The van der Waals surface area contributed by atoms with Crippen molar-refractivity contribution < 1.29 is 36.9 Å². The van der Waals surface area contributed by atoms with Crippen LogP contribution in [0.15, 0.2) is 60.7 Å². The van der Waals surface area contributed by atoms with E-state index in [1.54, 1.807) is 21.3 Å². The molecule has 1 atom stereocenters. The van der Waals surface area contributed by atoms with Crippen LogP contribution in [0.3, 0.4) is 0 Å². The number of halogens is 3. The van der Waals surface area contributed by atoms with E-state index >= 15 is 0 Å². The number of methoxy groups -OCH3 is 3. The predicted octanol–water partition coefficient (Wildman–Crippen LogP) is 5.99. The van der Waals surface area contributed by atoms with E-state index in [1.807, 2.05) is 41.3 Å². The lowest BCUT2D eigenvalue weighted by Gasteiger charge is -2.39. The van der Waals surface area contributed by atoms with Gasteiger partial charge in [-0.2, -0.15) is 0 Å². The minimum atomic E-state index is -4.76. The maximum absolute atomic E-state index is 12.5. The summed E-state index contributed by atoms with van der Waals surface area (Å²) in [6, 6.07) is 16.3. The number of hydrogen-bond acceptors (Lipinski definition) is 6. The molecule has 11 heteroatoms. The summed E-state index contributed by atoms with van der Waals surface area (Å²) in [6.07, 6.45) is -4.07. The van der Waals surface area contributed by atoms with Crippen LogP contribution in [0, 0.1) is 0 Å². The van der Waals surface area contributed by atoms with Crippen LogP contribution in [0.4, 0.5) is 18.9 Å². The van der Waals surface area contributed by atoms with Crippen molar-refractivity contribution in [3.05, 3.63) is 71.8 Å². The number of hydrogen-bond donors (Lipinski definition) is 1. The predicted molar refractivity (Wildman–Crippen MR) is 141 cm³/mol. The lowest BCUT2D eigenvalue weighted by atomic mass is 9.92. The van der Waals surface area contributed by atoms with Gasteiger partial charge in [-0.25, -0.2) is 0 Å². The van der Waals surface area contributed by atoms with E-state index in [0.29, 0.717) is 41.0 Å². The molecule has 0 saturated heterocycles. The first-order valence-corrected chi connectivity index (χ1v) is 12.1. The van der Waals surface area contributed by atoms with Gasteiger partial charge in [0.05, 0.1) is 27.4 Å². The Morgan fingerprint density at radius 1 is 0.895 bits per heavy atom. The highest BCUT2D eigenvalue weighted by Crippen LogP contribution is 2.39. The maximum atomic E-state index is 12.5. The van der Waals surface area contributed by atoms with E-state index in [-0.39, 0.29) is 18.4 Å². The van der Waals surface area contributed by atoms with Gasteiger partial charge in [-0.05, 0) is 90.4 Å². The van der Waals surface area contributed by atoms with Crippen molar-refractivity contribution in [3.63, 3.8) is 0 Å². The normalized spacial score (nSPS) is 14.8. The van der Waals surface area contributed by atoms with E-state index in [1.165, 1.54) is 24.3 Å². The van der Waals surface area contributed by atoms with Gasteiger partial charge in [0.2, 0.25) is 0 Å². The van der Waals surface area contributed by atoms with Gasteiger partial charge in [0.1, 0.15) is 23.9 Å². The number of thiocarbonyl (C=S) groups is 1. The van der Waals surface area contributed by atoms with E-state index in [4.69, 9.17) is 31.2 Å². The molecule has 1 heterocycles. The molecule has 0 spiro atoms. The van der Waals surface area contributed by atoms with Crippen LogP contribution in [0.1, 0.15) is 17.2 Å². The Morgan fingerprint density at radius 2 is 1.50 bits per heavy atom. The van der Waals surface area contributed by atoms with Gasteiger partial charge >= 0.3 is 6.36 Å². The molecule has 3 aromatic rings. The highest BCUT2D eigenvalue weighted by molar-refractivity contribution is 7.80. The Kier molecular flexibility index (Phi) is 8.35. The summed E-state index contributed by atoms with van der Waals surface area (Å²) in [7, 11) is 4.76. The Morgan fingerprint density at radius 3 is 2.11 bits per heavy atom. The number of nitrogens with one attached hydrogen (secondary N) is 1. The first-order chi connectivity index (χ1) is 18.2. The molecule has 3 aromatic carbocycles. The summed E-state index contributed by atoms with van der Waals surface area (Å²) in [6.45, 7) is 0.856. The van der Waals surface area contributed by atoms with Gasteiger partial charge < -0.3 is 33.9 Å². The first-order valence-electron chi connectivity index (χ1n) is 11.7. The van der Waals surface area contributed by atoms with Gasteiger partial charge in [0.15, 0.2) is 16.6 Å². The van der Waals surface area contributed by atoms with Crippen LogP contribution in [0.25, 0.3) is 0 Å². The molecule has 202 valence electrons. The van der Waals surface area contributed by atoms with Gasteiger partial charge in [-0.15, -0.1) is 13.2 Å². The second-order valence-electron chi connectivity index (χ2n) is 8.35. The molecule has 0 aromatic heterocycles. The third-order valence-electron chi connectivity index (χ3n) is 6.07. The lowest BCUT2D eigenvalue weighted by molar-refractivity contribution is -0.274. The van der Waals surface area contributed by atoms with Crippen LogP contribution >= 0.6 is 12.2 Å². The summed E-state index contributed by atoms with van der Waals surface area (Å²) < 4.78 is 63.8. The number of ether oxygens (including phenoxy) is 5. The smallest absolute Gasteiger partial charge is 0.497 e. The topological polar surface area (TPSA) is 61.4 Å². The van der Waals surface area contributed by atoms with Crippen molar-refractivity contribution in [2.45, 2.75) is 18.8 Å². The number of rotatable bonds is 8. The third-order valence-corrected chi connectivity index (χ3v) is 6.41. The molecule has 0 unspecified atom stereocenters. The molecule has 0 amide bonds. The Hall–Kier alpha value is -3.86. The van der Waals surface area contributed by atoms with Crippen molar-refractivity contribution >= 4 is 23.0 Å². The Bertz CT molecular complexity index is 1250. The van der Waals surface area contributed by atoms with Crippen molar-refractivity contribution in [1.29, 1.82) is 0 Å². The molecule has 1 N–H and O–H groups in total. The molecule has 4 rings (SSSR count). The molecule has 7 nitrogen and oxygen atoms in total. The SMILES string of the molecule is COc1ccc(OC[C@@H]2c3cc(OC)c(OC)cc3CCN2C(=S)Nc2ccc(OC(F)(F)F)cc2)cc1. The van der Waals surface area contributed by atoms with Crippen LogP contribution in [0.2, 0.25) is 0 Å². The fraction of sp³-hybridized carbons (Fsp3) is 0.296. The second-order valence-corrected chi connectivity index (χ2v) is 8.74. The molecular weight excluding hydrogens is 521 g/mol. The fourth-order valence-corrected chi connectivity index (χ4v) is 4.57. The number of alkyl halides is 3. The lowest BCUT2D eigenvalue weighted by Crippen LogP contribution is -2.44. The molecular formula is C27H27F3N2O5S. The monoisotopic (exact) mass is 548 g/mol. The molecule has 0 aliphatic carbocycles. The molecule has 38 heavy (non-hydrogen) atoms. The quantitative estimate of drug-likeness (QED) is 0.345. The summed E-state index contributed by atoms with van der Waals surface area (Å²) >= 11 is 5.73. The third kappa shape index (κ3) is 6.52. The number of fused-ring (bicyclic) bond motifs is 1. The Labute approximate surface area is 224 Å². The molecule has 1 aliphatic rings. The van der Waals surface area contributed by atoms with Crippen molar-refractivity contribution in [3.8, 4) is 28.7 Å². The minimum absolute atomic E-state index is 0.273. The van der Waals surface area contributed by atoms with Gasteiger partial charge in [-0.1, -0.05) is 0 Å². The molecule has 1 aliphatic heterocycles. The number of anilines is 1. The van der Waals surface area contributed by atoms with Gasteiger partial charge in [0.25, 0.3) is 0 Å². The van der Waals surface area contributed by atoms with Crippen molar-refractivity contribution in [2.24, 2.45) is 0 Å². The fourth-order valence-electron chi connectivity index (χ4n) is 4.23. The number of nitrogens with zero attached hydrogens (tertiary/aromatic N) is 1. The molecule has 0 bridgehead atoms. The van der Waals surface area contributed by atoms with E-state index in [9.17, 15) is 13.2 Å². The highest BCUT2D eigenvalue weighted by Gasteiger charge is 2.32. The minimum Gasteiger partial charge on any atom is -0.497 e. The van der Waals surface area contributed by atoms with Crippen LogP contribution < -0.4 is 29.0 Å². The summed E-state index contributed by atoms with van der Waals surface area (Å²) in [5.74, 6) is 2.29. The van der Waals surface area contributed by atoms with E-state index < -0.39 is 6.36 Å². The molecule has 0 fully saturated rings. The summed E-state index contributed by atoms with van der Waals surface area (Å²) in [4.78, 5) is 1.99. The summed E-state index contributed by atoms with van der Waals surface area (Å²) in [5.41, 5.74) is 2.58. The van der Waals surface area contributed by atoms with Crippen LogP contribution in [0.5, 0.6) is 28.7 Å². The zero-order chi connectivity index (χ0) is 27.3.